The summed E-state index contributed by atoms with van der Waals surface area (Å²) in [6.07, 6.45) is 0. The Hall–Kier alpha value is -1.10. The Morgan fingerprint density at radius 1 is 1.50 bits per heavy atom. The van der Waals surface area contributed by atoms with Crippen LogP contribution in [0.5, 0.6) is 0 Å². The Labute approximate surface area is 70.7 Å². The van der Waals surface area contributed by atoms with E-state index in [-0.39, 0.29) is 6.54 Å². The number of hydrogen-bond donors (Lipinski definition) is 2. The Kier molecular flexibility index (Phi) is 3.69. The van der Waals surface area contributed by atoms with Gasteiger partial charge in [0.25, 0.3) is 5.91 Å². The molecule has 0 aromatic rings. The summed E-state index contributed by atoms with van der Waals surface area (Å²) >= 11 is 0. The molecule has 0 aliphatic heterocycles. The molecule has 12 heavy (non-hydrogen) atoms. The molecule has 2 N–H and O–H groups in total. The van der Waals surface area contributed by atoms with E-state index in [1.54, 1.807) is 13.8 Å². The normalized spacial score (nSPS) is 10.9. The van der Waals surface area contributed by atoms with Gasteiger partial charge in [-0.15, -0.1) is 0 Å². The maximum Gasteiger partial charge on any atom is 0.322 e. The average Bonchev–Trinajstić information content (AvgIpc) is 2.00. The van der Waals surface area contributed by atoms with E-state index in [1.165, 1.54) is 7.11 Å². The van der Waals surface area contributed by atoms with Crippen molar-refractivity contribution in [1.29, 1.82) is 0 Å². The smallest absolute Gasteiger partial charge is 0.322 e. The van der Waals surface area contributed by atoms with Crippen LogP contribution in [-0.2, 0) is 14.3 Å². The van der Waals surface area contributed by atoms with Crippen LogP contribution >= 0.6 is 0 Å². The molecule has 0 radical (unpaired) electrons. The zero-order valence-electron chi connectivity index (χ0n) is 7.38. The summed E-state index contributed by atoms with van der Waals surface area (Å²) in [5.74, 6) is -1.51. The number of carbonyl (C=O) groups is 2. The van der Waals surface area contributed by atoms with Gasteiger partial charge in [-0.25, -0.2) is 0 Å². The average molecular weight is 175 g/mol. The molecule has 0 aromatic heterocycles. The van der Waals surface area contributed by atoms with Crippen LogP contribution in [-0.4, -0.2) is 36.2 Å². The molecular weight excluding hydrogens is 162 g/mol. The summed E-state index contributed by atoms with van der Waals surface area (Å²) in [6.45, 7) is 2.74. The monoisotopic (exact) mass is 175 g/mol. The molecule has 0 saturated carbocycles. The van der Waals surface area contributed by atoms with Crippen LogP contribution in [0, 0.1) is 0 Å². The molecule has 0 atom stereocenters. The van der Waals surface area contributed by atoms with Gasteiger partial charge in [0.15, 0.2) is 0 Å². The third-order valence-corrected chi connectivity index (χ3v) is 1.46. The van der Waals surface area contributed by atoms with Crippen LogP contribution in [0.2, 0.25) is 0 Å². The molecule has 0 aromatic carbocycles. The van der Waals surface area contributed by atoms with Crippen molar-refractivity contribution in [3.63, 3.8) is 0 Å². The molecule has 0 bridgehead atoms. The van der Waals surface area contributed by atoms with Crippen molar-refractivity contribution in [2.75, 3.05) is 13.7 Å². The third-order valence-electron chi connectivity index (χ3n) is 1.46. The Morgan fingerprint density at radius 2 is 2.00 bits per heavy atom. The molecule has 0 aliphatic rings. The van der Waals surface area contributed by atoms with Crippen molar-refractivity contribution in [1.82, 2.24) is 5.32 Å². The van der Waals surface area contributed by atoms with Crippen molar-refractivity contribution in [2.45, 2.75) is 19.4 Å². The number of carboxylic acid groups (broad SMARTS) is 1. The third kappa shape index (κ3) is 3.34. The summed E-state index contributed by atoms with van der Waals surface area (Å²) in [4.78, 5) is 21.2. The molecule has 0 heterocycles. The van der Waals surface area contributed by atoms with Gasteiger partial charge in [0.2, 0.25) is 0 Å². The molecule has 0 saturated heterocycles. The van der Waals surface area contributed by atoms with Crippen molar-refractivity contribution in [3.05, 3.63) is 0 Å². The first-order chi connectivity index (χ1) is 5.40. The van der Waals surface area contributed by atoms with E-state index < -0.39 is 17.5 Å². The van der Waals surface area contributed by atoms with Gasteiger partial charge in [0.1, 0.15) is 12.1 Å². The van der Waals surface area contributed by atoms with E-state index in [9.17, 15) is 9.59 Å². The predicted octanol–water partition coefficient (Wildman–Crippen LogP) is -0.388. The number of methoxy groups -OCH3 is 1. The largest absolute Gasteiger partial charge is 0.480 e. The summed E-state index contributed by atoms with van der Waals surface area (Å²) in [6, 6.07) is 0. The van der Waals surface area contributed by atoms with Crippen molar-refractivity contribution in [3.8, 4) is 0 Å². The minimum absolute atomic E-state index is 0.383. The zero-order chi connectivity index (χ0) is 9.78. The molecule has 0 fully saturated rings. The van der Waals surface area contributed by atoms with Crippen molar-refractivity contribution >= 4 is 11.9 Å². The van der Waals surface area contributed by atoms with Crippen LogP contribution in [0.15, 0.2) is 0 Å². The summed E-state index contributed by atoms with van der Waals surface area (Å²) in [7, 11) is 1.39. The first-order valence-electron chi connectivity index (χ1n) is 3.45. The molecule has 0 aliphatic carbocycles. The molecule has 1 amide bonds. The molecule has 5 heteroatoms. The maximum atomic E-state index is 11.1. The Morgan fingerprint density at radius 3 is 2.33 bits per heavy atom. The van der Waals surface area contributed by atoms with E-state index >= 15 is 0 Å². The lowest BCUT2D eigenvalue weighted by atomic mass is 10.1. The second-order valence-electron chi connectivity index (χ2n) is 2.79. The van der Waals surface area contributed by atoms with Crippen molar-refractivity contribution < 1.29 is 19.4 Å². The van der Waals surface area contributed by atoms with Crippen LogP contribution < -0.4 is 5.32 Å². The first-order valence-corrected chi connectivity index (χ1v) is 3.45. The number of hydrogen-bond acceptors (Lipinski definition) is 3. The van der Waals surface area contributed by atoms with E-state index in [4.69, 9.17) is 9.84 Å². The maximum absolute atomic E-state index is 11.1. The quantitative estimate of drug-likeness (QED) is 0.610. The SMILES string of the molecule is COC(C)(C)C(=O)NCC(=O)O. The molecular formula is C7H13NO4. The number of rotatable bonds is 4. The standard InChI is InChI=1S/C7H13NO4/c1-7(2,12-3)6(11)8-4-5(9)10/h4H2,1-3H3,(H,8,11)(H,9,10). The van der Waals surface area contributed by atoms with Gasteiger partial charge in [0.05, 0.1) is 0 Å². The number of aliphatic carboxylic acids is 1. The molecule has 5 nitrogen and oxygen atoms in total. The van der Waals surface area contributed by atoms with Crippen LogP contribution in [0.1, 0.15) is 13.8 Å². The van der Waals surface area contributed by atoms with Gasteiger partial charge < -0.3 is 15.2 Å². The first kappa shape index (κ1) is 10.9. The lowest BCUT2D eigenvalue weighted by molar-refractivity contribution is -0.144. The fourth-order valence-corrected chi connectivity index (χ4v) is 0.461. The van der Waals surface area contributed by atoms with E-state index in [0.29, 0.717) is 0 Å². The van der Waals surface area contributed by atoms with Gasteiger partial charge in [-0.3, -0.25) is 9.59 Å². The van der Waals surface area contributed by atoms with Crippen molar-refractivity contribution in [2.24, 2.45) is 0 Å². The van der Waals surface area contributed by atoms with Gasteiger partial charge >= 0.3 is 5.97 Å². The minimum atomic E-state index is -1.07. The molecule has 0 spiro atoms. The lowest BCUT2D eigenvalue weighted by Gasteiger charge is -2.20. The molecule has 0 unspecified atom stereocenters. The predicted molar refractivity (Wildman–Crippen MR) is 41.7 cm³/mol. The highest BCUT2D eigenvalue weighted by atomic mass is 16.5. The van der Waals surface area contributed by atoms with E-state index in [1.807, 2.05) is 0 Å². The molecule has 0 rings (SSSR count). The van der Waals surface area contributed by atoms with Gasteiger partial charge in [-0.05, 0) is 13.8 Å². The summed E-state index contributed by atoms with van der Waals surface area (Å²) in [5, 5.41) is 10.5. The number of amides is 1. The zero-order valence-corrected chi connectivity index (χ0v) is 7.38. The highest BCUT2D eigenvalue weighted by molar-refractivity contribution is 5.87. The van der Waals surface area contributed by atoms with Gasteiger partial charge in [0, 0.05) is 7.11 Å². The van der Waals surface area contributed by atoms with E-state index in [2.05, 4.69) is 5.32 Å². The van der Waals surface area contributed by atoms with Crippen LogP contribution in [0.3, 0.4) is 0 Å². The van der Waals surface area contributed by atoms with Gasteiger partial charge in [-0.1, -0.05) is 0 Å². The summed E-state index contributed by atoms with van der Waals surface area (Å²) < 4.78 is 4.83. The number of carboxylic acids is 1. The molecule has 70 valence electrons. The fourth-order valence-electron chi connectivity index (χ4n) is 0.461. The second kappa shape index (κ2) is 4.06. The topological polar surface area (TPSA) is 75.6 Å². The lowest BCUT2D eigenvalue weighted by Crippen LogP contribution is -2.45. The van der Waals surface area contributed by atoms with Gasteiger partial charge in [-0.2, -0.15) is 0 Å². The number of carbonyl (C=O) groups excluding carboxylic acids is 1. The second-order valence-corrected chi connectivity index (χ2v) is 2.79. The van der Waals surface area contributed by atoms with Crippen LogP contribution in [0.4, 0.5) is 0 Å². The van der Waals surface area contributed by atoms with Crippen LogP contribution in [0.25, 0.3) is 0 Å². The van der Waals surface area contributed by atoms with E-state index in [0.717, 1.165) is 0 Å². The summed E-state index contributed by atoms with van der Waals surface area (Å²) in [5.41, 5.74) is -0.977. The minimum Gasteiger partial charge on any atom is -0.480 e. The highest BCUT2D eigenvalue weighted by Gasteiger charge is 2.26. The Bertz CT molecular complexity index is 188. The fraction of sp³-hybridized carbons (Fsp3) is 0.714. The highest BCUT2D eigenvalue weighted by Crippen LogP contribution is 2.06. The number of nitrogens with one attached hydrogen (secondary N) is 1. The number of ether oxygens (including phenoxy) is 1. The Balaban J connectivity index is 3.96.